The van der Waals surface area contributed by atoms with Gasteiger partial charge in [0.1, 0.15) is 17.1 Å². The van der Waals surface area contributed by atoms with E-state index in [1.54, 1.807) is 14.2 Å². The minimum absolute atomic E-state index is 0.124. The molecule has 0 unspecified atom stereocenters. The molecule has 0 spiro atoms. The van der Waals surface area contributed by atoms with Gasteiger partial charge in [-0.15, -0.1) is 0 Å². The lowest BCUT2D eigenvalue weighted by molar-refractivity contribution is -0.135. The van der Waals surface area contributed by atoms with Gasteiger partial charge in [-0.05, 0) is 47.9 Å². The van der Waals surface area contributed by atoms with Gasteiger partial charge in [-0.2, -0.15) is 0 Å². The molecule has 1 aromatic heterocycles. The molecule has 0 N–H and O–H groups in total. The topological polar surface area (TPSA) is 84.2 Å². The molecule has 7 nitrogen and oxygen atoms in total. The highest BCUT2D eigenvalue weighted by Gasteiger charge is 2.35. The number of carbonyl (C=O) groups is 1. The summed E-state index contributed by atoms with van der Waals surface area (Å²) in [5.41, 5.74) is 4.99. The molecule has 7 heteroatoms. The van der Waals surface area contributed by atoms with Gasteiger partial charge in [0.15, 0.2) is 11.5 Å². The van der Waals surface area contributed by atoms with Crippen molar-refractivity contribution in [1.82, 2.24) is 0 Å². The van der Waals surface area contributed by atoms with Crippen molar-refractivity contribution in [1.29, 1.82) is 0 Å². The van der Waals surface area contributed by atoms with E-state index in [0.29, 0.717) is 46.8 Å². The smallest absolute Gasteiger partial charge is 0.336 e. The summed E-state index contributed by atoms with van der Waals surface area (Å²) in [4.78, 5) is 25.7. The van der Waals surface area contributed by atoms with Gasteiger partial charge >= 0.3 is 11.6 Å². The van der Waals surface area contributed by atoms with Crippen molar-refractivity contribution in [2.24, 2.45) is 0 Å². The van der Waals surface area contributed by atoms with E-state index >= 15 is 0 Å². The number of ether oxygens (including phenoxy) is 4. The van der Waals surface area contributed by atoms with Crippen molar-refractivity contribution in [2.45, 2.75) is 25.7 Å². The van der Waals surface area contributed by atoms with Crippen molar-refractivity contribution in [2.75, 3.05) is 20.8 Å². The van der Waals surface area contributed by atoms with Gasteiger partial charge in [-0.25, -0.2) is 4.79 Å². The quantitative estimate of drug-likeness (QED) is 0.116. The van der Waals surface area contributed by atoms with E-state index in [0.717, 1.165) is 33.6 Å². The SMILES string of the molecule is COc1ccc(CCOc2c(OC)cccc2[C@H]2CC(=O)Oc3c2c(C)cc2oc(=O)cc(-c4ccccc4)c32)cc1. The minimum atomic E-state index is -0.472. The molecule has 0 radical (unpaired) electrons. The zero-order chi connectivity index (χ0) is 29.2. The number of carbonyl (C=O) groups excluding carboxylic acids is 1. The Labute approximate surface area is 243 Å². The molecule has 2 heterocycles. The van der Waals surface area contributed by atoms with Gasteiger partial charge in [0.2, 0.25) is 0 Å². The van der Waals surface area contributed by atoms with Crippen LogP contribution < -0.4 is 24.6 Å². The van der Waals surface area contributed by atoms with Crippen LogP contribution >= 0.6 is 0 Å². The van der Waals surface area contributed by atoms with Gasteiger partial charge in [0, 0.05) is 35.1 Å². The van der Waals surface area contributed by atoms with Gasteiger partial charge in [-0.3, -0.25) is 4.79 Å². The number of esters is 1. The van der Waals surface area contributed by atoms with Crippen molar-refractivity contribution in [3.8, 4) is 34.1 Å². The predicted octanol–water partition coefficient (Wildman–Crippen LogP) is 6.85. The number of hydrogen-bond donors (Lipinski definition) is 0. The van der Waals surface area contributed by atoms with E-state index in [4.69, 9.17) is 23.4 Å². The Morgan fingerprint density at radius 2 is 1.67 bits per heavy atom. The van der Waals surface area contributed by atoms with Crippen LogP contribution in [0.25, 0.3) is 22.1 Å². The van der Waals surface area contributed by atoms with Crippen LogP contribution in [0.3, 0.4) is 0 Å². The van der Waals surface area contributed by atoms with E-state index in [9.17, 15) is 9.59 Å². The molecule has 0 saturated heterocycles. The second-order valence-electron chi connectivity index (χ2n) is 10.2. The lowest BCUT2D eigenvalue weighted by Gasteiger charge is -2.29. The summed E-state index contributed by atoms with van der Waals surface area (Å²) in [7, 11) is 3.24. The van der Waals surface area contributed by atoms with Gasteiger partial charge in [-0.1, -0.05) is 54.6 Å². The first-order chi connectivity index (χ1) is 20.5. The van der Waals surface area contributed by atoms with E-state index in [1.807, 2.05) is 85.8 Å². The molecule has 0 amide bonds. The Kier molecular flexibility index (Phi) is 7.40. The number of para-hydroxylation sites is 1. The molecule has 4 aromatic carbocycles. The van der Waals surface area contributed by atoms with Gasteiger partial charge in [0.05, 0.1) is 32.6 Å². The van der Waals surface area contributed by atoms with Crippen molar-refractivity contribution in [3.05, 3.63) is 118 Å². The standard InChI is InChI=1S/C35H30O7/c1-21-18-29-33(26(19-30(36)41-29)23-8-5-4-6-9-23)35-32(21)27(20-31(37)42-35)25-10-7-11-28(39-3)34(25)40-17-16-22-12-14-24(38-2)15-13-22/h4-15,18-19,27H,16-17,20H2,1-3H3/t27-/m1/s1. The number of rotatable bonds is 8. The monoisotopic (exact) mass is 562 g/mol. The fourth-order valence-corrected chi connectivity index (χ4v) is 5.70. The normalized spacial score (nSPS) is 14.3. The van der Waals surface area contributed by atoms with Gasteiger partial charge in [0.25, 0.3) is 0 Å². The van der Waals surface area contributed by atoms with Crippen LogP contribution in [0, 0.1) is 6.92 Å². The number of aryl methyl sites for hydroxylation is 1. The third kappa shape index (κ3) is 5.09. The van der Waals surface area contributed by atoms with Crippen LogP contribution in [0.4, 0.5) is 0 Å². The van der Waals surface area contributed by atoms with E-state index in [1.165, 1.54) is 6.07 Å². The van der Waals surface area contributed by atoms with E-state index in [-0.39, 0.29) is 18.3 Å². The van der Waals surface area contributed by atoms with E-state index < -0.39 is 5.63 Å². The molecule has 42 heavy (non-hydrogen) atoms. The highest BCUT2D eigenvalue weighted by molar-refractivity contribution is 6.01. The van der Waals surface area contributed by atoms with Crippen molar-refractivity contribution < 1.29 is 28.2 Å². The molecule has 6 rings (SSSR count). The van der Waals surface area contributed by atoms with Crippen molar-refractivity contribution in [3.63, 3.8) is 0 Å². The molecule has 0 bridgehead atoms. The maximum Gasteiger partial charge on any atom is 0.336 e. The molecular weight excluding hydrogens is 532 g/mol. The predicted molar refractivity (Wildman–Crippen MR) is 160 cm³/mol. The molecular formula is C35H30O7. The van der Waals surface area contributed by atoms with Crippen LogP contribution in [0.2, 0.25) is 0 Å². The average Bonchev–Trinajstić information content (AvgIpc) is 3.00. The molecule has 5 aromatic rings. The van der Waals surface area contributed by atoms with Gasteiger partial charge < -0.3 is 23.4 Å². The molecule has 0 saturated carbocycles. The van der Waals surface area contributed by atoms with E-state index in [2.05, 4.69) is 0 Å². The van der Waals surface area contributed by atoms with Crippen LogP contribution in [0.1, 0.15) is 34.6 Å². The zero-order valence-corrected chi connectivity index (χ0v) is 23.6. The molecule has 212 valence electrons. The molecule has 0 fully saturated rings. The highest BCUT2D eigenvalue weighted by Crippen LogP contribution is 2.50. The third-order valence-corrected chi connectivity index (χ3v) is 7.65. The van der Waals surface area contributed by atoms with Crippen LogP contribution in [0.15, 0.2) is 94.1 Å². The second kappa shape index (κ2) is 11.4. The fraction of sp³-hybridized carbons (Fsp3) is 0.200. The summed E-state index contributed by atoms with van der Waals surface area (Å²) in [6, 6.07) is 26.4. The summed E-state index contributed by atoms with van der Waals surface area (Å²) in [5.74, 6) is 1.62. The van der Waals surface area contributed by atoms with Crippen LogP contribution in [-0.2, 0) is 11.2 Å². The molecule has 0 aliphatic carbocycles. The number of benzene rings is 4. The first-order valence-corrected chi connectivity index (χ1v) is 13.8. The Balaban J connectivity index is 1.46. The summed E-state index contributed by atoms with van der Waals surface area (Å²) >= 11 is 0. The summed E-state index contributed by atoms with van der Waals surface area (Å²) < 4.78 is 28.9. The summed E-state index contributed by atoms with van der Waals surface area (Å²) in [6.07, 6.45) is 0.798. The molecule has 1 aliphatic rings. The molecule has 1 atom stereocenters. The lowest BCUT2D eigenvalue weighted by Crippen LogP contribution is -2.23. The Bertz CT molecular complexity index is 1820. The highest BCUT2D eigenvalue weighted by atomic mass is 16.5. The maximum atomic E-state index is 13.2. The average molecular weight is 563 g/mol. The Morgan fingerprint density at radius 1 is 0.881 bits per heavy atom. The van der Waals surface area contributed by atoms with Crippen molar-refractivity contribution >= 4 is 16.9 Å². The third-order valence-electron chi connectivity index (χ3n) is 7.65. The Morgan fingerprint density at radius 3 is 2.40 bits per heavy atom. The number of hydrogen-bond acceptors (Lipinski definition) is 7. The Hall–Kier alpha value is -5.04. The fourth-order valence-electron chi connectivity index (χ4n) is 5.70. The maximum absolute atomic E-state index is 13.2. The number of fused-ring (bicyclic) bond motifs is 3. The first-order valence-electron chi connectivity index (χ1n) is 13.8. The summed E-state index contributed by atoms with van der Waals surface area (Å²) in [5, 5.41) is 0.587. The first kappa shape index (κ1) is 27.1. The summed E-state index contributed by atoms with van der Waals surface area (Å²) in [6.45, 7) is 2.34. The van der Waals surface area contributed by atoms with Crippen LogP contribution in [0.5, 0.6) is 23.0 Å². The minimum Gasteiger partial charge on any atom is -0.497 e. The van der Waals surface area contributed by atoms with Crippen LogP contribution in [-0.4, -0.2) is 26.8 Å². The molecule has 1 aliphatic heterocycles. The zero-order valence-electron chi connectivity index (χ0n) is 23.6. The largest absolute Gasteiger partial charge is 0.497 e. The number of methoxy groups -OCH3 is 2. The second-order valence-corrected chi connectivity index (χ2v) is 10.2. The lowest BCUT2D eigenvalue weighted by atomic mass is 9.81.